The van der Waals surface area contributed by atoms with E-state index in [9.17, 15) is 9.18 Å². The van der Waals surface area contributed by atoms with Crippen molar-refractivity contribution in [3.8, 4) is 0 Å². The molecular weight excluding hydrogens is 245 g/mol. The number of carboxylic acid groups (broad SMARTS) is 1. The quantitative estimate of drug-likeness (QED) is 0.911. The lowest BCUT2D eigenvalue weighted by atomic mass is 9.78. The van der Waals surface area contributed by atoms with Gasteiger partial charge in [0.15, 0.2) is 0 Å². The molecule has 1 saturated heterocycles. The van der Waals surface area contributed by atoms with Crippen molar-refractivity contribution < 1.29 is 14.3 Å². The highest BCUT2D eigenvalue weighted by Crippen LogP contribution is 2.42. The van der Waals surface area contributed by atoms with E-state index >= 15 is 0 Å². The summed E-state index contributed by atoms with van der Waals surface area (Å²) >= 11 is 0. The lowest BCUT2D eigenvalue weighted by Crippen LogP contribution is -2.28. The molecule has 2 aliphatic rings. The first kappa shape index (κ1) is 12.5. The number of anilines is 1. The van der Waals surface area contributed by atoms with Gasteiger partial charge < -0.3 is 10.0 Å². The first-order valence-electron chi connectivity index (χ1n) is 6.87. The van der Waals surface area contributed by atoms with Crippen LogP contribution >= 0.6 is 0 Å². The molecule has 1 N–H and O–H groups in total. The molecule has 3 unspecified atom stereocenters. The van der Waals surface area contributed by atoms with Gasteiger partial charge >= 0.3 is 5.97 Å². The topological polar surface area (TPSA) is 40.5 Å². The van der Waals surface area contributed by atoms with Crippen LogP contribution in [0.2, 0.25) is 0 Å². The summed E-state index contributed by atoms with van der Waals surface area (Å²) < 4.78 is 13.0. The summed E-state index contributed by atoms with van der Waals surface area (Å²) in [6.45, 7) is 0.911. The third-order valence-electron chi connectivity index (χ3n) is 4.58. The number of carboxylic acids is 1. The van der Waals surface area contributed by atoms with Gasteiger partial charge in [-0.1, -0.05) is 0 Å². The summed E-state index contributed by atoms with van der Waals surface area (Å²) in [6.07, 6.45) is 3.41. The molecule has 102 valence electrons. The van der Waals surface area contributed by atoms with E-state index in [1.165, 1.54) is 12.1 Å². The number of nitrogens with zero attached hydrogens (tertiary/aromatic N) is 1. The zero-order valence-corrected chi connectivity index (χ0v) is 10.8. The van der Waals surface area contributed by atoms with E-state index in [-0.39, 0.29) is 12.2 Å². The van der Waals surface area contributed by atoms with Gasteiger partial charge in [-0.15, -0.1) is 0 Å². The minimum Gasteiger partial charge on any atom is -0.481 e. The number of hydrogen-bond acceptors (Lipinski definition) is 2. The van der Waals surface area contributed by atoms with Gasteiger partial charge in [-0.25, -0.2) is 4.39 Å². The Labute approximate surface area is 112 Å². The van der Waals surface area contributed by atoms with Crippen LogP contribution in [0, 0.1) is 17.7 Å². The average molecular weight is 263 g/mol. The second-order valence-corrected chi connectivity index (χ2v) is 5.71. The third kappa shape index (κ3) is 2.44. The van der Waals surface area contributed by atoms with Crippen molar-refractivity contribution in [2.75, 3.05) is 11.4 Å². The van der Waals surface area contributed by atoms with Crippen molar-refractivity contribution in [3.05, 3.63) is 30.1 Å². The number of fused-ring (bicyclic) bond motifs is 2. The molecule has 3 atom stereocenters. The highest BCUT2D eigenvalue weighted by atomic mass is 19.1. The fraction of sp³-hybridized carbons (Fsp3) is 0.533. The first-order valence-corrected chi connectivity index (χ1v) is 6.87. The molecule has 0 amide bonds. The number of hydrogen-bond donors (Lipinski definition) is 1. The second kappa shape index (κ2) is 4.83. The van der Waals surface area contributed by atoms with Crippen LogP contribution in [0.25, 0.3) is 0 Å². The molecule has 1 saturated carbocycles. The summed E-state index contributed by atoms with van der Waals surface area (Å²) in [5, 5.41) is 8.95. The summed E-state index contributed by atoms with van der Waals surface area (Å²) in [4.78, 5) is 13.2. The van der Waals surface area contributed by atoms with Crippen LogP contribution in [0.3, 0.4) is 0 Å². The van der Waals surface area contributed by atoms with E-state index in [0.717, 1.165) is 31.5 Å². The lowest BCUT2D eigenvalue weighted by molar-refractivity contribution is -0.138. The van der Waals surface area contributed by atoms with Crippen molar-refractivity contribution in [2.24, 2.45) is 11.8 Å². The van der Waals surface area contributed by atoms with Gasteiger partial charge in [0, 0.05) is 24.7 Å². The largest absolute Gasteiger partial charge is 0.481 e. The molecule has 1 aromatic rings. The molecule has 3 rings (SSSR count). The van der Waals surface area contributed by atoms with Gasteiger partial charge in [0.2, 0.25) is 0 Å². The maximum Gasteiger partial charge on any atom is 0.303 e. The van der Waals surface area contributed by atoms with Gasteiger partial charge in [-0.3, -0.25) is 4.79 Å². The smallest absolute Gasteiger partial charge is 0.303 e. The number of carbonyl (C=O) groups is 1. The molecule has 3 nitrogen and oxygen atoms in total. The van der Waals surface area contributed by atoms with Crippen LogP contribution in [0.5, 0.6) is 0 Å². The average Bonchev–Trinajstić information content (AvgIpc) is 2.72. The maximum atomic E-state index is 13.0. The Morgan fingerprint density at radius 2 is 2.05 bits per heavy atom. The maximum absolute atomic E-state index is 13.0. The van der Waals surface area contributed by atoms with E-state index in [1.807, 2.05) is 12.1 Å². The Balaban J connectivity index is 1.74. The number of halogens is 1. The van der Waals surface area contributed by atoms with Crippen LogP contribution in [0.15, 0.2) is 24.3 Å². The highest BCUT2D eigenvalue weighted by molar-refractivity contribution is 5.67. The van der Waals surface area contributed by atoms with Crippen LogP contribution in [-0.4, -0.2) is 23.7 Å². The molecule has 1 aliphatic carbocycles. The molecule has 0 aromatic heterocycles. The Morgan fingerprint density at radius 3 is 2.74 bits per heavy atom. The highest BCUT2D eigenvalue weighted by Gasteiger charge is 2.41. The molecule has 1 heterocycles. The molecule has 4 heteroatoms. The summed E-state index contributed by atoms with van der Waals surface area (Å²) in [7, 11) is 0. The van der Waals surface area contributed by atoms with Crippen molar-refractivity contribution in [1.29, 1.82) is 0 Å². The molecule has 19 heavy (non-hydrogen) atoms. The Hall–Kier alpha value is -1.58. The monoisotopic (exact) mass is 263 g/mol. The van der Waals surface area contributed by atoms with E-state index in [2.05, 4.69) is 4.90 Å². The second-order valence-electron chi connectivity index (χ2n) is 5.71. The van der Waals surface area contributed by atoms with E-state index in [0.29, 0.717) is 17.9 Å². The molecule has 2 fully saturated rings. The molecular formula is C15H18FNO2. The van der Waals surface area contributed by atoms with Gasteiger partial charge in [-0.2, -0.15) is 0 Å². The zero-order valence-electron chi connectivity index (χ0n) is 10.8. The molecule has 2 bridgehead atoms. The predicted octanol–water partition coefficient (Wildman–Crippen LogP) is 2.91. The molecule has 0 spiro atoms. The number of rotatable bonds is 3. The summed E-state index contributed by atoms with van der Waals surface area (Å²) in [5.41, 5.74) is 1.06. The number of benzene rings is 1. The minimum absolute atomic E-state index is 0.213. The lowest BCUT2D eigenvalue weighted by Gasteiger charge is -2.28. The van der Waals surface area contributed by atoms with Crippen LogP contribution in [0.4, 0.5) is 10.1 Å². The van der Waals surface area contributed by atoms with Gasteiger partial charge in [0.25, 0.3) is 0 Å². The Morgan fingerprint density at radius 1 is 1.32 bits per heavy atom. The third-order valence-corrected chi connectivity index (χ3v) is 4.58. The molecule has 0 radical (unpaired) electrons. The number of aliphatic carboxylic acids is 1. The van der Waals surface area contributed by atoms with E-state index in [4.69, 9.17) is 5.11 Å². The molecule has 1 aromatic carbocycles. The predicted molar refractivity (Wildman–Crippen MR) is 70.6 cm³/mol. The van der Waals surface area contributed by atoms with Crippen LogP contribution in [0.1, 0.15) is 25.7 Å². The normalized spacial score (nSPS) is 29.5. The Bertz CT molecular complexity index is 474. The van der Waals surface area contributed by atoms with Crippen molar-refractivity contribution >= 4 is 11.7 Å². The Kier molecular flexibility index (Phi) is 3.17. The standard InChI is InChI=1S/C15H18FNO2/c16-12-2-5-13(6-3-12)17-9-11-7-14(17)4-1-10(11)8-15(18)19/h2-3,5-6,10-11,14H,1,4,7-9H2,(H,18,19). The van der Waals surface area contributed by atoms with Gasteiger partial charge in [0.05, 0.1) is 0 Å². The minimum atomic E-state index is -0.691. The van der Waals surface area contributed by atoms with Crippen molar-refractivity contribution in [3.63, 3.8) is 0 Å². The van der Waals surface area contributed by atoms with Gasteiger partial charge in [-0.05, 0) is 55.4 Å². The summed E-state index contributed by atoms with van der Waals surface area (Å²) in [5.74, 6) is -0.127. The van der Waals surface area contributed by atoms with Crippen molar-refractivity contribution in [2.45, 2.75) is 31.7 Å². The van der Waals surface area contributed by atoms with Crippen molar-refractivity contribution in [1.82, 2.24) is 0 Å². The van der Waals surface area contributed by atoms with E-state index < -0.39 is 5.97 Å². The van der Waals surface area contributed by atoms with Crippen LogP contribution in [-0.2, 0) is 4.79 Å². The first-order chi connectivity index (χ1) is 9.13. The van der Waals surface area contributed by atoms with Crippen LogP contribution < -0.4 is 4.90 Å². The van der Waals surface area contributed by atoms with E-state index in [1.54, 1.807) is 0 Å². The fourth-order valence-electron chi connectivity index (χ4n) is 3.65. The zero-order chi connectivity index (χ0) is 13.4. The molecule has 1 aliphatic heterocycles. The fourth-order valence-corrected chi connectivity index (χ4v) is 3.65. The van der Waals surface area contributed by atoms with Gasteiger partial charge in [0.1, 0.15) is 5.82 Å². The SMILES string of the molecule is O=C(O)CC1CCC2CC1CN2c1ccc(F)cc1. The summed E-state index contributed by atoms with van der Waals surface area (Å²) in [6, 6.07) is 7.13.